The molecule has 27 heteroatoms. The molecule has 0 N–H and O–H groups in total. The quantitative estimate of drug-likeness (QED) is 0.118. The van der Waals surface area contributed by atoms with Gasteiger partial charge in [0.25, 0.3) is 0 Å². The molecule has 0 heterocycles. The molecular weight excluding hydrogens is 885 g/mol. The lowest BCUT2D eigenvalue weighted by Gasteiger charge is -2.39. The molecule has 3 aromatic carbocycles. The SMILES string of the molecule is FC(F)(F)C(F)(F)C(F)(F)C(F)(F)C(F)(F)C(F)(F)c1ccc(P(c2ccccc2)c2ccc(C(F)(F)C(F)(F)C(F)(F)C(F)(F)C(F)(F)C(F)(F)F)cc2)cc1. The molecule has 0 atom stereocenters. The third-order valence-corrected chi connectivity index (χ3v) is 10.3. The van der Waals surface area contributed by atoms with Gasteiger partial charge in [0.05, 0.1) is 0 Å². The van der Waals surface area contributed by atoms with Crippen molar-refractivity contribution >= 4 is 23.8 Å². The van der Waals surface area contributed by atoms with Crippen LogP contribution in [0.5, 0.6) is 0 Å². The molecular formula is C30H13F26P. The maximum Gasteiger partial charge on any atom is 0.460 e. The number of hydrogen-bond acceptors (Lipinski definition) is 0. The van der Waals surface area contributed by atoms with Gasteiger partial charge >= 0.3 is 71.6 Å². The van der Waals surface area contributed by atoms with E-state index >= 15 is 0 Å². The van der Waals surface area contributed by atoms with Gasteiger partial charge in [-0.05, 0) is 23.8 Å². The van der Waals surface area contributed by atoms with Crippen LogP contribution in [0, 0.1) is 0 Å². The van der Waals surface area contributed by atoms with Gasteiger partial charge in [0, 0.05) is 11.1 Å². The van der Waals surface area contributed by atoms with Crippen molar-refractivity contribution in [1.82, 2.24) is 0 Å². The summed E-state index contributed by atoms with van der Waals surface area (Å²) in [7, 11) is -2.59. The van der Waals surface area contributed by atoms with Gasteiger partial charge < -0.3 is 0 Å². The summed E-state index contributed by atoms with van der Waals surface area (Å²) in [5, 5.41) is -1.14. The van der Waals surface area contributed by atoms with E-state index in [0.29, 0.717) is 0 Å². The molecule has 0 nitrogen and oxygen atoms in total. The standard InChI is InChI=1S/C30H13F26P/c31-19(32,21(35,36)23(39,40)25(43,44)27(47,48)29(51,52)53)14-6-10-17(11-7-14)57(16-4-2-1-3-5-16)18-12-8-15(9-13-18)20(33,34)22(37,38)24(41,42)26(45,46)28(49,50)30(54,55)56/h1-13H. The number of halogens is 26. The molecule has 0 unspecified atom stereocenters. The average Bonchev–Trinajstić information content (AvgIpc) is 3.07. The summed E-state index contributed by atoms with van der Waals surface area (Å²) in [4.78, 5) is 0. The Balaban J connectivity index is 2.11. The predicted octanol–water partition coefficient (Wildman–Crippen LogP) is 11.8. The smallest absolute Gasteiger partial charge is 0.194 e. The third kappa shape index (κ3) is 6.91. The minimum Gasteiger partial charge on any atom is -0.194 e. The summed E-state index contributed by atoms with van der Waals surface area (Å²) >= 11 is 0. The first kappa shape index (κ1) is 47.6. The lowest BCUT2D eigenvalue weighted by Crippen LogP contribution is -2.69. The molecule has 0 aliphatic carbocycles. The van der Waals surface area contributed by atoms with E-state index in [-0.39, 0.29) is 53.8 Å². The van der Waals surface area contributed by atoms with Crippen molar-refractivity contribution < 1.29 is 114 Å². The van der Waals surface area contributed by atoms with Crippen LogP contribution < -0.4 is 15.9 Å². The minimum absolute atomic E-state index is 0.0942. The Hall–Kier alpha value is -3.73. The van der Waals surface area contributed by atoms with Crippen LogP contribution in [0.2, 0.25) is 0 Å². The van der Waals surface area contributed by atoms with Gasteiger partial charge in [-0.3, -0.25) is 0 Å². The highest BCUT2D eigenvalue weighted by atomic mass is 31.1. The molecule has 0 amide bonds. The van der Waals surface area contributed by atoms with Crippen LogP contribution in [0.1, 0.15) is 11.1 Å². The Bertz CT molecular complexity index is 1740. The van der Waals surface area contributed by atoms with E-state index in [2.05, 4.69) is 0 Å². The summed E-state index contributed by atoms with van der Waals surface area (Å²) in [6, 6.07) is 5.76. The van der Waals surface area contributed by atoms with Crippen LogP contribution in [-0.2, 0) is 11.8 Å². The summed E-state index contributed by atoms with van der Waals surface area (Å²) in [5.41, 5.74) is -4.90. The molecule has 0 bridgehead atoms. The van der Waals surface area contributed by atoms with Crippen molar-refractivity contribution in [3.8, 4) is 0 Å². The van der Waals surface area contributed by atoms with Crippen LogP contribution in [0.4, 0.5) is 114 Å². The summed E-state index contributed by atoms with van der Waals surface area (Å²) in [5.74, 6) is -77.7. The predicted molar refractivity (Wildman–Crippen MR) is 145 cm³/mol. The zero-order valence-corrected chi connectivity index (χ0v) is 27.2. The summed E-state index contributed by atoms with van der Waals surface area (Å²) in [6.45, 7) is 0. The molecule has 0 fully saturated rings. The van der Waals surface area contributed by atoms with Crippen molar-refractivity contribution in [2.45, 2.75) is 71.6 Å². The van der Waals surface area contributed by atoms with E-state index in [1.54, 1.807) is 0 Å². The van der Waals surface area contributed by atoms with Crippen molar-refractivity contribution in [3.05, 3.63) is 90.0 Å². The average molecular weight is 898 g/mol. The second-order valence-corrected chi connectivity index (χ2v) is 13.7. The van der Waals surface area contributed by atoms with Crippen LogP contribution in [0.15, 0.2) is 78.9 Å². The van der Waals surface area contributed by atoms with E-state index in [9.17, 15) is 114 Å². The number of hydrogen-bond donors (Lipinski definition) is 0. The lowest BCUT2D eigenvalue weighted by atomic mass is 9.90. The maximum absolute atomic E-state index is 14.7. The molecule has 0 saturated carbocycles. The molecule has 3 rings (SSSR count). The van der Waals surface area contributed by atoms with Crippen molar-refractivity contribution in [1.29, 1.82) is 0 Å². The Morgan fingerprint density at radius 3 is 0.719 bits per heavy atom. The molecule has 57 heavy (non-hydrogen) atoms. The maximum atomic E-state index is 14.7. The Morgan fingerprint density at radius 1 is 0.246 bits per heavy atom. The second-order valence-electron chi connectivity index (χ2n) is 11.5. The molecule has 0 saturated heterocycles. The Labute approximate surface area is 300 Å². The minimum atomic E-state index is -8.22. The number of rotatable bonds is 13. The second kappa shape index (κ2) is 13.9. The summed E-state index contributed by atoms with van der Waals surface area (Å²) in [6.07, 6.45) is -15.4. The fourth-order valence-electron chi connectivity index (χ4n) is 4.57. The van der Waals surface area contributed by atoms with Gasteiger partial charge in [0.15, 0.2) is 0 Å². The Morgan fingerprint density at radius 2 is 0.474 bits per heavy atom. The van der Waals surface area contributed by atoms with Gasteiger partial charge in [0.2, 0.25) is 0 Å². The lowest BCUT2D eigenvalue weighted by molar-refractivity contribution is -0.441. The highest BCUT2D eigenvalue weighted by Crippen LogP contribution is 2.64. The number of alkyl halides is 26. The topological polar surface area (TPSA) is 0 Å². The monoisotopic (exact) mass is 898 g/mol. The van der Waals surface area contributed by atoms with Crippen molar-refractivity contribution in [3.63, 3.8) is 0 Å². The molecule has 0 aromatic heterocycles. The van der Waals surface area contributed by atoms with Gasteiger partial charge in [-0.1, -0.05) is 78.9 Å². The van der Waals surface area contributed by atoms with E-state index in [1.165, 1.54) is 18.2 Å². The normalized spacial score (nSPS) is 15.4. The van der Waals surface area contributed by atoms with Crippen LogP contribution in [0.25, 0.3) is 0 Å². The van der Waals surface area contributed by atoms with Crippen molar-refractivity contribution in [2.75, 3.05) is 0 Å². The van der Waals surface area contributed by atoms with E-state index in [4.69, 9.17) is 0 Å². The van der Waals surface area contributed by atoms with Crippen LogP contribution >= 0.6 is 7.92 Å². The zero-order chi connectivity index (χ0) is 44.7. The fourth-order valence-corrected chi connectivity index (χ4v) is 6.82. The molecule has 3 aromatic rings. The number of benzene rings is 3. The molecule has 0 aliphatic rings. The third-order valence-electron chi connectivity index (χ3n) is 7.86. The largest absolute Gasteiger partial charge is 0.460 e. The van der Waals surface area contributed by atoms with Crippen LogP contribution in [-0.4, -0.2) is 59.7 Å². The van der Waals surface area contributed by atoms with Crippen molar-refractivity contribution in [2.24, 2.45) is 0 Å². The highest BCUT2D eigenvalue weighted by Gasteiger charge is 2.92. The van der Waals surface area contributed by atoms with E-state index in [0.717, 1.165) is 12.1 Å². The first-order valence-corrected chi connectivity index (χ1v) is 15.5. The first-order chi connectivity index (χ1) is 25.2. The summed E-state index contributed by atoms with van der Waals surface area (Å²) < 4.78 is 354. The van der Waals surface area contributed by atoms with Gasteiger partial charge in [-0.15, -0.1) is 0 Å². The van der Waals surface area contributed by atoms with E-state index < -0.39 is 101 Å². The fraction of sp³-hybridized carbons (Fsp3) is 0.400. The highest BCUT2D eigenvalue weighted by molar-refractivity contribution is 7.79. The van der Waals surface area contributed by atoms with E-state index in [1.807, 2.05) is 0 Å². The molecule has 0 spiro atoms. The zero-order valence-electron chi connectivity index (χ0n) is 26.3. The van der Waals surface area contributed by atoms with Gasteiger partial charge in [-0.2, -0.15) is 114 Å². The van der Waals surface area contributed by atoms with Crippen LogP contribution in [0.3, 0.4) is 0 Å². The molecule has 0 aliphatic heterocycles. The molecule has 0 radical (unpaired) electrons. The van der Waals surface area contributed by atoms with Gasteiger partial charge in [0.1, 0.15) is 0 Å². The van der Waals surface area contributed by atoms with Gasteiger partial charge in [-0.25, -0.2) is 0 Å². The molecule has 320 valence electrons. The first-order valence-electron chi connectivity index (χ1n) is 14.1. The Kier molecular flexibility index (Phi) is 11.7.